The molecule has 2 nitrogen and oxygen atoms in total. The van der Waals surface area contributed by atoms with E-state index in [-0.39, 0.29) is 0 Å². The van der Waals surface area contributed by atoms with E-state index in [1.54, 1.807) is 0 Å². The minimum absolute atomic E-state index is 0.378. The maximum absolute atomic E-state index is 5.89. The predicted octanol–water partition coefficient (Wildman–Crippen LogP) is 2.58. The molecule has 1 aliphatic carbocycles. The highest BCUT2D eigenvalue weighted by molar-refractivity contribution is 4.83. The summed E-state index contributed by atoms with van der Waals surface area (Å²) in [5.41, 5.74) is 0. The number of ether oxygens (including phenoxy) is 1. The standard InChI is InChI=1S/C12H25NO/c1-5-10-8-11(14-9(2)3)6-7-12(10)13-4/h9-13H,5-8H2,1-4H3. The van der Waals surface area contributed by atoms with Crippen LogP contribution < -0.4 is 5.32 Å². The summed E-state index contributed by atoms with van der Waals surface area (Å²) in [7, 11) is 2.08. The van der Waals surface area contributed by atoms with Crippen molar-refractivity contribution >= 4 is 0 Å². The maximum atomic E-state index is 5.89. The van der Waals surface area contributed by atoms with Crippen LogP contribution >= 0.6 is 0 Å². The highest BCUT2D eigenvalue weighted by Crippen LogP contribution is 2.29. The molecule has 1 saturated carbocycles. The van der Waals surface area contributed by atoms with Crippen LogP contribution in [0.5, 0.6) is 0 Å². The van der Waals surface area contributed by atoms with E-state index < -0.39 is 0 Å². The minimum atomic E-state index is 0.378. The number of rotatable bonds is 4. The maximum Gasteiger partial charge on any atom is 0.0582 e. The second-order valence-electron chi connectivity index (χ2n) is 4.68. The molecule has 84 valence electrons. The van der Waals surface area contributed by atoms with Gasteiger partial charge in [-0.3, -0.25) is 0 Å². The molecule has 3 unspecified atom stereocenters. The predicted molar refractivity (Wildman–Crippen MR) is 60.5 cm³/mol. The van der Waals surface area contributed by atoms with E-state index in [0.29, 0.717) is 18.2 Å². The van der Waals surface area contributed by atoms with Crippen molar-refractivity contribution in [2.45, 2.75) is 64.7 Å². The van der Waals surface area contributed by atoms with Crippen LogP contribution in [0.2, 0.25) is 0 Å². The second kappa shape index (κ2) is 5.72. The van der Waals surface area contributed by atoms with Crippen LogP contribution in [0.1, 0.15) is 46.5 Å². The molecule has 0 radical (unpaired) electrons. The zero-order valence-electron chi connectivity index (χ0n) is 10.0. The van der Waals surface area contributed by atoms with Crippen molar-refractivity contribution in [2.24, 2.45) is 5.92 Å². The Morgan fingerprint density at radius 1 is 1.36 bits per heavy atom. The van der Waals surface area contributed by atoms with Crippen molar-refractivity contribution in [3.8, 4) is 0 Å². The Morgan fingerprint density at radius 2 is 2.07 bits per heavy atom. The lowest BCUT2D eigenvalue weighted by Crippen LogP contribution is -2.41. The number of nitrogens with one attached hydrogen (secondary N) is 1. The van der Waals surface area contributed by atoms with Crippen LogP contribution in [-0.2, 0) is 4.74 Å². The molecule has 2 heteroatoms. The van der Waals surface area contributed by atoms with Gasteiger partial charge in [-0.25, -0.2) is 0 Å². The van der Waals surface area contributed by atoms with E-state index in [9.17, 15) is 0 Å². The fraction of sp³-hybridized carbons (Fsp3) is 1.00. The lowest BCUT2D eigenvalue weighted by molar-refractivity contribution is -0.0304. The van der Waals surface area contributed by atoms with E-state index in [1.807, 2.05) is 0 Å². The molecule has 1 aliphatic rings. The van der Waals surface area contributed by atoms with Crippen LogP contribution in [0.25, 0.3) is 0 Å². The first-order valence-corrected chi connectivity index (χ1v) is 6.00. The second-order valence-corrected chi connectivity index (χ2v) is 4.68. The van der Waals surface area contributed by atoms with Crippen molar-refractivity contribution in [1.29, 1.82) is 0 Å². The normalized spacial score (nSPS) is 33.6. The van der Waals surface area contributed by atoms with Gasteiger partial charge in [-0.1, -0.05) is 13.3 Å². The molecule has 1 fully saturated rings. The summed E-state index contributed by atoms with van der Waals surface area (Å²) in [5, 5.41) is 3.42. The van der Waals surface area contributed by atoms with Gasteiger partial charge in [-0.15, -0.1) is 0 Å². The van der Waals surface area contributed by atoms with E-state index in [1.165, 1.54) is 25.7 Å². The Balaban J connectivity index is 2.40. The molecular formula is C12H25NO. The number of hydrogen-bond donors (Lipinski definition) is 1. The summed E-state index contributed by atoms with van der Waals surface area (Å²) >= 11 is 0. The summed E-state index contributed by atoms with van der Waals surface area (Å²) in [6.07, 6.45) is 5.88. The third kappa shape index (κ3) is 3.25. The van der Waals surface area contributed by atoms with Crippen molar-refractivity contribution in [2.75, 3.05) is 7.05 Å². The third-order valence-electron chi connectivity index (χ3n) is 3.29. The lowest BCUT2D eigenvalue weighted by Gasteiger charge is -2.36. The monoisotopic (exact) mass is 199 g/mol. The largest absolute Gasteiger partial charge is 0.376 e. The Morgan fingerprint density at radius 3 is 2.57 bits per heavy atom. The lowest BCUT2D eigenvalue weighted by atomic mass is 9.81. The van der Waals surface area contributed by atoms with E-state index in [2.05, 4.69) is 33.1 Å². The summed E-state index contributed by atoms with van der Waals surface area (Å²) in [6, 6.07) is 0.715. The average Bonchev–Trinajstić information content (AvgIpc) is 2.16. The molecule has 0 heterocycles. The van der Waals surface area contributed by atoms with Crippen LogP contribution in [0, 0.1) is 5.92 Å². The Kier molecular flexibility index (Phi) is 4.90. The van der Waals surface area contributed by atoms with Gasteiger partial charge in [0.25, 0.3) is 0 Å². The molecule has 1 rings (SSSR count). The van der Waals surface area contributed by atoms with Crippen molar-refractivity contribution < 1.29 is 4.74 Å². The first kappa shape index (κ1) is 12.0. The molecular weight excluding hydrogens is 174 g/mol. The Hall–Kier alpha value is -0.0800. The SMILES string of the molecule is CCC1CC(OC(C)C)CCC1NC. The van der Waals surface area contributed by atoms with Gasteiger partial charge in [-0.05, 0) is 46.1 Å². The fourth-order valence-corrected chi connectivity index (χ4v) is 2.56. The minimum Gasteiger partial charge on any atom is -0.376 e. The first-order valence-electron chi connectivity index (χ1n) is 6.00. The van der Waals surface area contributed by atoms with Gasteiger partial charge in [0.15, 0.2) is 0 Å². The quantitative estimate of drug-likeness (QED) is 0.751. The summed E-state index contributed by atoms with van der Waals surface area (Å²) in [5.74, 6) is 0.803. The van der Waals surface area contributed by atoms with Gasteiger partial charge < -0.3 is 10.1 Å². The van der Waals surface area contributed by atoms with Gasteiger partial charge in [-0.2, -0.15) is 0 Å². The van der Waals surface area contributed by atoms with E-state index >= 15 is 0 Å². The molecule has 0 aliphatic heterocycles. The van der Waals surface area contributed by atoms with E-state index in [0.717, 1.165) is 5.92 Å². The van der Waals surface area contributed by atoms with Gasteiger partial charge in [0.05, 0.1) is 12.2 Å². The Bertz CT molecular complexity index is 158. The molecule has 0 bridgehead atoms. The molecule has 0 spiro atoms. The molecule has 0 aromatic heterocycles. The van der Waals surface area contributed by atoms with Gasteiger partial charge in [0.2, 0.25) is 0 Å². The zero-order chi connectivity index (χ0) is 10.6. The molecule has 3 atom stereocenters. The van der Waals surface area contributed by atoms with Crippen LogP contribution in [0.15, 0.2) is 0 Å². The van der Waals surface area contributed by atoms with E-state index in [4.69, 9.17) is 4.74 Å². The summed E-state index contributed by atoms with van der Waals surface area (Å²) in [4.78, 5) is 0. The molecule has 14 heavy (non-hydrogen) atoms. The highest BCUT2D eigenvalue weighted by Gasteiger charge is 2.28. The smallest absolute Gasteiger partial charge is 0.0582 e. The van der Waals surface area contributed by atoms with Crippen molar-refractivity contribution in [3.05, 3.63) is 0 Å². The topological polar surface area (TPSA) is 21.3 Å². The fourth-order valence-electron chi connectivity index (χ4n) is 2.56. The molecule has 0 amide bonds. The van der Waals surface area contributed by atoms with Crippen molar-refractivity contribution in [3.63, 3.8) is 0 Å². The molecule has 0 saturated heterocycles. The first-order chi connectivity index (χ1) is 6.67. The van der Waals surface area contributed by atoms with Gasteiger partial charge in [0.1, 0.15) is 0 Å². The molecule has 0 aromatic carbocycles. The third-order valence-corrected chi connectivity index (χ3v) is 3.29. The van der Waals surface area contributed by atoms with Crippen LogP contribution in [-0.4, -0.2) is 25.3 Å². The summed E-state index contributed by atoms with van der Waals surface area (Å²) < 4.78 is 5.89. The Labute approximate surface area is 88.4 Å². The molecule has 0 aromatic rings. The molecule has 1 N–H and O–H groups in total. The summed E-state index contributed by atoms with van der Waals surface area (Å²) in [6.45, 7) is 6.54. The van der Waals surface area contributed by atoms with Crippen LogP contribution in [0.3, 0.4) is 0 Å². The van der Waals surface area contributed by atoms with Gasteiger partial charge in [0, 0.05) is 6.04 Å². The average molecular weight is 199 g/mol. The van der Waals surface area contributed by atoms with Crippen molar-refractivity contribution in [1.82, 2.24) is 5.32 Å². The zero-order valence-corrected chi connectivity index (χ0v) is 10.0. The van der Waals surface area contributed by atoms with Crippen LogP contribution in [0.4, 0.5) is 0 Å². The highest BCUT2D eigenvalue weighted by atomic mass is 16.5. The van der Waals surface area contributed by atoms with Gasteiger partial charge >= 0.3 is 0 Å². The number of hydrogen-bond acceptors (Lipinski definition) is 2.